The first-order valence-electron chi connectivity index (χ1n) is 3.37. The number of halogens is 2. The Bertz CT molecular complexity index is 356. The Morgan fingerprint density at radius 2 is 2.00 bits per heavy atom. The normalized spacial score (nSPS) is 9.25. The minimum atomic E-state index is 1.16. The Balaban J connectivity index is 0.000000336. The van der Waals surface area contributed by atoms with E-state index in [9.17, 15) is 0 Å². The van der Waals surface area contributed by atoms with Gasteiger partial charge in [0.1, 0.15) is 0 Å². The van der Waals surface area contributed by atoms with E-state index in [1.54, 1.807) is 11.3 Å². The van der Waals surface area contributed by atoms with Gasteiger partial charge < -0.3 is 0 Å². The van der Waals surface area contributed by atoms with Crippen molar-refractivity contribution < 1.29 is 0 Å². The maximum absolute atomic E-state index is 3.42. The van der Waals surface area contributed by atoms with E-state index in [4.69, 9.17) is 0 Å². The molecule has 0 N–H and O–H groups in total. The fourth-order valence-corrected chi connectivity index (χ4v) is 2.27. The summed E-state index contributed by atoms with van der Waals surface area (Å²) in [5, 5.41) is 3.44. The molecule has 0 atom stereocenters. The quantitative estimate of drug-likeness (QED) is 0.474. The molecule has 1 heterocycles. The predicted molar refractivity (Wildman–Crippen MR) is 69.5 cm³/mol. The Labute approximate surface area is 98.3 Å². The number of hydrogen-bond donors (Lipinski definition) is 0. The van der Waals surface area contributed by atoms with Gasteiger partial charge in [-0.15, -0.1) is 11.3 Å². The summed E-state index contributed by atoms with van der Waals surface area (Å²) >= 11 is 7.35. The minimum absolute atomic E-state index is 1.16. The molecule has 0 bridgehead atoms. The highest BCUT2D eigenvalue weighted by atomic mass is 127. The van der Waals surface area contributed by atoms with Gasteiger partial charge in [0, 0.05) is 9.17 Å². The van der Waals surface area contributed by atoms with E-state index in [-0.39, 0.29) is 0 Å². The second-order valence-corrected chi connectivity index (χ2v) is 3.97. The van der Waals surface area contributed by atoms with E-state index in [0.29, 0.717) is 0 Å². The minimum Gasteiger partial charge on any atom is -0.144 e. The molecule has 3 heteroatoms. The summed E-state index contributed by atoms with van der Waals surface area (Å²) in [7, 11) is 0. The van der Waals surface area contributed by atoms with Gasteiger partial charge in [0.15, 0.2) is 0 Å². The average molecular weight is 355 g/mol. The fraction of sp³-hybridized carbons (Fsp3) is 0.111. The molecular weight excluding hydrogens is 347 g/mol. The molecular formula is C9H8BrIS. The molecule has 0 radical (unpaired) electrons. The molecule has 0 aliphatic rings. The summed E-state index contributed by atoms with van der Waals surface area (Å²) in [5.41, 5.74) is 0. The lowest BCUT2D eigenvalue weighted by atomic mass is 10.3. The van der Waals surface area contributed by atoms with Crippen LogP contribution in [-0.2, 0) is 0 Å². The van der Waals surface area contributed by atoms with Crippen molar-refractivity contribution in [2.24, 2.45) is 0 Å². The SMILES string of the molecule is Brc1ccc2ccsc2c1.CI. The molecule has 0 fully saturated rings. The van der Waals surface area contributed by atoms with E-state index in [0.717, 1.165) is 4.47 Å². The summed E-state index contributed by atoms with van der Waals surface area (Å²) in [4.78, 5) is 1.97. The van der Waals surface area contributed by atoms with E-state index >= 15 is 0 Å². The van der Waals surface area contributed by atoms with E-state index in [1.807, 2.05) is 4.93 Å². The lowest BCUT2D eigenvalue weighted by Gasteiger charge is -1.88. The Hall–Kier alpha value is 0.390. The Morgan fingerprint density at radius 1 is 1.25 bits per heavy atom. The largest absolute Gasteiger partial charge is 0.144 e. The highest BCUT2D eigenvalue weighted by Crippen LogP contribution is 2.23. The maximum Gasteiger partial charge on any atom is 0.0353 e. The third kappa shape index (κ3) is 2.44. The van der Waals surface area contributed by atoms with Gasteiger partial charge in [-0.2, -0.15) is 0 Å². The van der Waals surface area contributed by atoms with Crippen molar-refractivity contribution in [2.45, 2.75) is 0 Å². The summed E-state index contributed by atoms with van der Waals surface area (Å²) in [5.74, 6) is 0. The summed E-state index contributed by atoms with van der Waals surface area (Å²) in [6.45, 7) is 0. The van der Waals surface area contributed by atoms with Crippen LogP contribution in [0.2, 0.25) is 0 Å². The lowest BCUT2D eigenvalue weighted by molar-refractivity contribution is 1.77. The van der Waals surface area contributed by atoms with Crippen LogP contribution in [0.25, 0.3) is 10.1 Å². The Kier molecular flexibility index (Phi) is 4.53. The number of alkyl halides is 1. The van der Waals surface area contributed by atoms with Gasteiger partial charge in [-0.1, -0.05) is 44.6 Å². The van der Waals surface area contributed by atoms with Gasteiger partial charge >= 0.3 is 0 Å². The molecule has 0 aliphatic heterocycles. The van der Waals surface area contributed by atoms with Crippen LogP contribution in [0.5, 0.6) is 0 Å². The van der Waals surface area contributed by atoms with Gasteiger partial charge in [-0.3, -0.25) is 0 Å². The first-order chi connectivity index (χ1) is 5.86. The van der Waals surface area contributed by atoms with Gasteiger partial charge in [0.2, 0.25) is 0 Å². The topological polar surface area (TPSA) is 0 Å². The molecule has 1 aromatic heterocycles. The van der Waals surface area contributed by atoms with Crippen molar-refractivity contribution in [3.8, 4) is 0 Å². The predicted octanol–water partition coefficient (Wildman–Crippen LogP) is 4.72. The zero-order valence-electron chi connectivity index (χ0n) is 6.55. The summed E-state index contributed by atoms with van der Waals surface area (Å²) in [6.07, 6.45) is 0. The standard InChI is InChI=1S/C8H5BrS.CH3I/c9-7-2-1-6-3-4-10-8(6)5-7;1-2/h1-5H;1H3. The van der Waals surface area contributed by atoms with Gasteiger partial charge in [0.25, 0.3) is 0 Å². The number of benzene rings is 1. The molecule has 0 amide bonds. The molecule has 0 saturated carbocycles. The van der Waals surface area contributed by atoms with Crippen LogP contribution >= 0.6 is 49.9 Å². The molecule has 2 aromatic rings. The molecule has 0 aliphatic carbocycles. The third-order valence-corrected chi connectivity index (χ3v) is 2.79. The molecule has 12 heavy (non-hydrogen) atoms. The van der Waals surface area contributed by atoms with E-state index < -0.39 is 0 Å². The van der Waals surface area contributed by atoms with Crippen LogP contribution in [0, 0.1) is 0 Å². The summed E-state index contributed by atoms with van der Waals surface area (Å²) in [6, 6.07) is 8.46. The number of fused-ring (bicyclic) bond motifs is 1. The van der Waals surface area contributed by atoms with Crippen molar-refractivity contribution in [1.82, 2.24) is 0 Å². The molecule has 0 unspecified atom stereocenters. The smallest absolute Gasteiger partial charge is 0.0353 e. The van der Waals surface area contributed by atoms with Crippen LogP contribution in [0.4, 0.5) is 0 Å². The monoisotopic (exact) mass is 354 g/mol. The van der Waals surface area contributed by atoms with Gasteiger partial charge in [0.05, 0.1) is 0 Å². The van der Waals surface area contributed by atoms with Gasteiger partial charge in [-0.05, 0) is 33.9 Å². The second kappa shape index (κ2) is 5.19. The number of rotatable bonds is 0. The average Bonchev–Trinajstić information content (AvgIpc) is 2.54. The van der Waals surface area contributed by atoms with Crippen molar-refractivity contribution in [1.29, 1.82) is 0 Å². The van der Waals surface area contributed by atoms with Crippen molar-refractivity contribution in [2.75, 3.05) is 4.93 Å². The molecule has 0 nitrogen and oxygen atoms in total. The highest BCUT2D eigenvalue weighted by Gasteiger charge is 1.92. The molecule has 2 rings (SSSR count). The van der Waals surface area contributed by atoms with Crippen LogP contribution in [0.15, 0.2) is 34.1 Å². The second-order valence-electron chi connectivity index (χ2n) is 2.10. The number of hydrogen-bond acceptors (Lipinski definition) is 1. The molecule has 0 spiro atoms. The fourth-order valence-electron chi connectivity index (χ4n) is 0.929. The van der Waals surface area contributed by atoms with Crippen LogP contribution in [-0.4, -0.2) is 4.93 Å². The number of thiophene rings is 1. The summed E-state index contributed by atoms with van der Waals surface area (Å²) < 4.78 is 2.50. The first-order valence-corrected chi connectivity index (χ1v) is 7.20. The first kappa shape index (κ1) is 10.5. The lowest BCUT2D eigenvalue weighted by Crippen LogP contribution is -1.61. The van der Waals surface area contributed by atoms with E-state index in [2.05, 4.69) is 68.2 Å². The van der Waals surface area contributed by atoms with Gasteiger partial charge in [-0.25, -0.2) is 0 Å². The molecule has 0 saturated heterocycles. The molecule has 1 aromatic carbocycles. The van der Waals surface area contributed by atoms with Crippen LogP contribution in [0.1, 0.15) is 0 Å². The van der Waals surface area contributed by atoms with Crippen LogP contribution in [0.3, 0.4) is 0 Å². The van der Waals surface area contributed by atoms with Crippen molar-refractivity contribution in [3.63, 3.8) is 0 Å². The zero-order valence-corrected chi connectivity index (χ0v) is 11.1. The Morgan fingerprint density at radius 3 is 2.75 bits per heavy atom. The van der Waals surface area contributed by atoms with Crippen molar-refractivity contribution in [3.05, 3.63) is 34.1 Å². The third-order valence-electron chi connectivity index (χ3n) is 1.42. The maximum atomic E-state index is 3.42. The van der Waals surface area contributed by atoms with Crippen molar-refractivity contribution >= 4 is 59.9 Å². The van der Waals surface area contributed by atoms with E-state index in [1.165, 1.54) is 10.1 Å². The molecule has 64 valence electrons. The van der Waals surface area contributed by atoms with Crippen LogP contribution < -0.4 is 0 Å². The zero-order chi connectivity index (χ0) is 8.97. The highest BCUT2D eigenvalue weighted by molar-refractivity contribution is 14.1.